The van der Waals surface area contributed by atoms with Crippen molar-refractivity contribution in [1.29, 1.82) is 0 Å². The van der Waals surface area contributed by atoms with Crippen molar-refractivity contribution >= 4 is 38.6 Å². The number of halogens is 2. The summed E-state index contributed by atoms with van der Waals surface area (Å²) in [5, 5.41) is -0.152. The lowest BCUT2D eigenvalue weighted by Crippen LogP contribution is -2.07. The molecule has 2 heterocycles. The van der Waals surface area contributed by atoms with Gasteiger partial charge in [0.2, 0.25) is 0 Å². The van der Waals surface area contributed by atoms with Crippen LogP contribution in [-0.2, 0) is 6.54 Å². The van der Waals surface area contributed by atoms with E-state index < -0.39 is 0 Å². The zero-order chi connectivity index (χ0) is 15.0. The number of pyridine rings is 1. The lowest BCUT2D eigenvalue weighted by molar-refractivity contribution is 0.725. The number of hydrogen-bond donors (Lipinski definition) is 0. The number of aryl methyl sites for hydroxylation is 1. The van der Waals surface area contributed by atoms with Crippen LogP contribution in [0, 0.1) is 6.92 Å². The highest BCUT2D eigenvalue weighted by Crippen LogP contribution is 2.27. The van der Waals surface area contributed by atoms with Gasteiger partial charge in [0.05, 0.1) is 28.6 Å². The predicted octanol–water partition coefficient (Wildman–Crippen LogP) is 4.85. The van der Waals surface area contributed by atoms with Gasteiger partial charge in [-0.15, -0.1) is 11.6 Å². The summed E-state index contributed by atoms with van der Waals surface area (Å²) < 4.78 is 3.17. The molecule has 21 heavy (non-hydrogen) atoms. The maximum atomic E-state index is 6.30. The first kappa shape index (κ1) is 14.5. The van der Waals surface area contributed by atoms with E-state index in [0.717, 1.165) is 32.7 Å². The summed E-state index contributed by atoms with van der Waals surface area (Å²) in [5.74, 6) is 0.869. The van der Waals surface area contributed by atoms with Gasteiger partial charge >= 0.3 is 0 Å². The third kappa shape index (κ3) is 2.97. The maximum absolute atomic E-state index is 6.30. The minimum atomic E-state index is -0.152. The highest BCUT2D eigenvalue weighted by molar-refractivity contribution is 9.10. The first-order valence-corrected chi connectivity index (χ1v) is 8.00. The molecule has 0 aliphatic rings. The molecule has 0 aliphatic carbocycles. The van der Waals surface area contributed by atoms with E-state index >= 15 is 0 Å². The van der Waals surface area contributed by atoms with Crippen molar-refractivity contribution in [2.75, 3.05) is 0 Å². The van der Waals surface area contributed by atoms with Crippen LogP contribution in [0.5, 0.6) is 0 Å². The van der Waals surface area contributed by atoms with Gasteiger partial charge in [-0.3, -0.25) is 4.98 Å². The Morgan fingerprint density at radius 2 is 2.05 bits per heavy atom. The number of alkyl halides is 1. The first-order chi connectivity index (χ1) is 10.0. The summed E-state index contributed by atoms with van der Waals surface area (Å²) in [5.41, 5.74) is 4.04. The Balaban J connectivity index is 2.14. The summed E-state index contributed by atoms with van der Waals surface area (Å²) in [7, 11) is 0. The topological polar surface area (TPSA) is 30.7 Å². The Morgan fingerprint density at radius 3 is 2.76 bits per heavy atom. The van der Waals surface area contributed by atoms with Crippen molar-refractivity contribution in [1.82, 2.24) is 14.5 Å². The van der Waals surface area contributed by atoms with E-state index in [1.54, 1.807) is 0 Å². The van der Waals surface area contributed by atoms with Crippen LogP contribution in [0.2, 0.25) is 0 Å². The average molecular weight is 365 g/mol. The molecule has 108 valence electrons. The SMILES string of the molecule is Cc1cccc(Cn2c(C(C)Cl)nc3ccc(Br)cc32)n1. The standard InChI is InChI=1S/C16H15BrClN3/c1-10-4-3-5-13(19-10)9-21-15-8-12(17)6-7-14(15)20-16(21)11(2)18/h3-8,11H,9H2,1-2H3. The third-order valence-corrected chi connectivity index (χ3v) is 4.05. The fourth-order valence-electron chi connectivity index (χ4n) is 2.43. The molecule has 0 N–H and O–H groups in total. The predicted molar refractivity (Wildman–Crippen MR) is 89.8 cm³/mol. The smallest absolute Gasteiger partial charge is 0.128 e. The summed E-state index contributed by atoms with van der Waals surface area (Å²) in [6.45, 7) is 4.61. The maximum Gasteiger partial charge on any atom is 0.128 e. The third-order valence-electron chi connectivity index (χ3n) is 3.36. The number of fused-ring (bicyclic) bond motifs is 1. The number of benzene rings is 1. The Bertz CT molecular complexity index is 795. The van der Waals surface area contributed by atoms with Crippen LogP contribution in [0.15, 0.2) is 40.9 Å². The molecule has 3 nitrogen and oxygen atoms in total. The lowest BCUT2D eigenvalue weighted by atomic mass is 10.3. The fourth-order valence-corrected chi connectivity index (χ4v) is 2.95. The van der Waals surface area contributed by atoms with E-state index in [9.17, 15) is 0 Å². The largest absolute Gasteiger partial charge is 0.321 e. The fraction of sp³-hybridized carbons (Fsp3) is 0.250. The molecule has 5 heteroatoms. The zero-order valence-electron chi connectivity index (χ0n) is 11.8. The molecule has 0 radical (unpaired) electrons. The summed E-state index contributed by atoms with van der Waals surface area (Å²) >= 11 is 9.82. The average Bonchev–Trinajstić information content (AvgIpc) is 2.77. The van der Waals surface area contributed by atoms with Crippen LogP contribution in [0.25, 0.3) is 11.0 Å². The van der Waals surface area contributed by atoms with Crippen molar-refractivity contribution in [3.05, 3.63) is 58.1 Å². The summed E-state index contributed by atoms with van der Waals surface area (Å²) in [6, 6.07) is 12.1. The van der Waals surface area contributed by atoms with Gasteiger partial charge in [0.15, 0.2) is 0 Å². The van der Waals surface area contributed by atoms with Gasteiger partial charge < -0.3 is 4.57 Å². The second-order valence-corrected chi connectivity index (χ2v) is 6.65. The van der Waals surface area contributed by atoms with Crippen LogP contribution in [0.4, 0.5) is 0 Å². The molecule has 2 aromatic heterocycles. The van der Waals surface area contributed by atoms with Crippen molar-refractivity contribution in [2.45, 2.75) is 25.8 Å². The number of imidazole rings is 1. The first-order valence-electron chi connectivity index (χ1n) is 6.77. The van der Waals surface area contributed by atoms with Gasteiger partial charge in [0.1, 0.15) is 5.82 Å². The monoisotopic (exact) mass is 363 g/mol. The quantitative estimate of drug-likeness (QED) is 0.622. The van der Waals surface area contributed by atoms with Crippen LogP contribution < -0.4 is 0 Å². The summed E-state index contributed by atoms with van der Waals surface area (Å²) in [6.07, 6.45) is 0. The molecule has 0 spiro atoms. The van der Waals surface area contributed by atoms with Crippen molar-refractivity contribution in [2.24, 2.45) is 0 Å². The van der Waals surface area contributed by atoms with Crippen molar-refractivity contribution < 1.29 is 0 Å². The molecule has 3 aromatic rings. The molecule has 0 saturated carbocycles. The van der Waals surface area contributed by atoms with Gasteiger partial charge in [0, 0.05) is 10.2 Å². The highest BCUT2D eigenvalue weighted by atomic mass is 79.9. The number of hydrogen-bond acceptors (Lipinski definition) is 2. The Labute approximate surface area is 137 Å². The van der Waals surface area contributed by atoms with E-state index in [4.69, 9.17) is 11.6 Å². The molecule has 0 bridgehead atoms. The Morgan fingerprint density at radius 1 is 1.24 bits per heavy atom. The summed E-state index contributed by atoms with van der Waals surface area (Å²) in [4.78, 5) is 9.23. The van der Waals surface area contributed by atoms with E-state index in [0.29, 0.717) is 6.54 Å². The van der Waals surface area contributed by atoms with Crippen LogP contribution in [0.1, 0.15) is 29.5 Å². The van der Waals surface area contributed by atoms with Gasteiger partial charge in [0.25, 0.3) is 0 Å². The van der Waals surface area contributed by atoms with E-state index in [1.165, 1.54) is 0 Å². The second-order valence-electron chi connectivity index (χ2n) is 5.08. The van der Waals surface area contributed by atoms with Gasteiger partial charge in [-0.25, -0.2) is 4.98 Å². The molecule has 1 atom stereocenters. The Hall–Kier alpha value is -1.39. The molecule has 3 rings (SSSR count). The van der Waals surface area contributed by atoms with Gasteiger partial charge in [-0.1, -0.05) is 22.0 Å². The highest BCUT2D eigenvalue weighted by Gasteiger charge is 2.15. The molecule has 0 fully saturated rings. The molecule has 0 amide bonds. The second kappa shape index (κ2) is 5.78. The van der Waals surface area contributed by atoms with Crippen LogP contribution in [-0.4, -0.2) is 14.5 Å². The zero-order valence-corrected chi connectivity index (χ0v) is 14.2. The molecule has 0 saturated heterocycles. The van der Waals surface area contributed by atoms with Crippen molar-refractivity contribution in [3.8, 4) is 0 Å². The molecular formula is C16H15BrClN3. The number of rotatable bonds is 3. The number of aromatic nitrogens is 3. The minimum Gasteiger partial charge on any atom is -0.321 e. The van der Waals surface area contributed by atoms with E-state index in [-0.39, 0.29) is 5.38 Å². The normalized spacial score (nSPS) is 12.8. The van der Waals surface area contributed by atoms with E-state index in [1.807, 2.05) is 44.2 Å². The molecule has 1 aromatic carbocycles. The number of nitrogens with zero attached hydrogens (tertiary/aromatic N) is 3. The van der Waals surface area contributed by atoms with Gasteiger partial charge in [-0.2, -0.15) is 0 Å². The van der Waals surface area contributed by atoms with Crippen LogP contribution >= 0.6 is 27.5 Å². The lowest BCUT2D eigenvalue weighted by Gasteiger charge is -2.10. The Kier molecular flexibility index (Phi) is 4.00. The molecular weight excluding hydrogens is 350 g/mol. The van der Waals surface area contributed by atoms with Gasteiger partial charge in [-0.05, 0) is 44.2 Å². The van der Waals surface area contributed by atoms with Crippen LogP contribution in [0.3, 0.4) is 0 Å². The minimum absolute atomic E-state index is 0.152. The van der Waals surface area contributed by atoms with Crippen molar-refractivity contribution in [3.63, 3.8) is 0 Å². The van der Waals surface area contributed by atoms with E-state index in [2.05, 4.69) is 36.5 Å². The molecule has 1 unspecified atom stereocenters. The molecule has 0 aliphatic heterocycles.